The first-order chi connectivity index (χ1) is 15.6. The van der Waals surface area contributed by atoms with Gasteiger partial charge in [-0.2, -0.15) is 31.8 Å². The minimum absolute atomic E-state index is 0. The van der Waals surface area contributed by atoms with E-state index in [0.29, 0.717) is 30.6 Å². The van der Waals surface area contributed by atoms with Gasteiger partial charge in [-0.15, -0.1) is 0 Å². The highest BCUT2D eigenvalue weighted by Crippen LogP contribution is 2.33. The van der Waals surface area contributed by atoms with Gasteiger partial charge in [0.25, 0.3) is 0 Å². The molecule has 1 amide bonds. The van der Waals surface area contributed by atoms with Crippen LogP contribution < -0.4 is 10.2 Å². The van der Waals surface area contributed by atoms with Crippen molar-refractivity contribution in [1.29, 1.82) is 0 Å². The molecule has 11 heteroatoms. The second kappa shape index (κ2) is 10.0. The number of amides is 1. The first-order valence-electron chi connectivity index (χ1n) is 10.7. The smallest absolute Gasteiger partial charge is 0.361 e. The first-order valence-corrected chi connectivity index (χ1v) is 10.7. The van der Waals surface area contributed by atoms with Gasteiger partial charge in [-0.25, -0.2) is 0 Å². The van der Waals surface area contributed by atoms with Gasteiger partial charge in [0.15, 0.2) is 0 Å². The van der Waals surface area contributed by atoms with Gasteiger partial charge in [-0.3, -0.25) is 19.4 Å². The van der Waals surface area contributed by atoms with Crippen LogP contribution in [0.3, 0.4) is 0 Å². The number of carbonyl (C=O) groups is 1. The van der Waals surface area contributed by atoms with Crippen molar-refractivity contribution in [1.82, 2.24) is 19.7 Å². The molecule has 0 spiro atoms. The Morgan fingerprint density at radius 3 is 2.50 bits per heavy atom. The summed E-state index contributed by atoms with van der Waals surface area (Å²) >= 11 is 0. The Hall–Kier alpha value is -3.08. The van der Waals surface area contributed by atoms with Gasteiger partial charge in [0.1, 0.15) is 11.7 Å². The molecule has 1 aliphatic rings. The Kier molecular flexibility index (Phi) is 7.54. The van der Waals surface area contributed by atoms with Crippen LogP contribution in [0.15, 0.2) is 43.0 Å². The monoisotopic (exact) mass is 492 g/mol. The molecular formula is C23H27F3N6OS. The molecule has 7 nitrogen and oxygen atoms in total. The lowest BCUT2D eigenvalue weighted by Crippen LogP contribution is -2.49. The maximum absolute atomic E-state index is 12.7. The van der Waals surface area contributed by atoms with E-state index in [9.17, 15) is 18.0 Å². The van der Waals surface area contributed by atoms with Crippen LogP contribution in [0.1, 0.15) is 36.4 Å². The first kappa shape index (κ1) is 25.5. The zero-order valence-electron chi connectivity index (χ0n) is 19.1. The van der Waals surface area contributed by atoms with Crippen molar-refractivity contribution in [2.75, 3.05) is 17.3 Å². The maximum Gasteiger partial charge on any atom is 0.433 e. The van der Waals surface area contributed by atoms with Crippen LogP contribution in [-0.4, -0.2) is 38.7 Å². The molecule has 0 saturated heterocycles. The van der Waals surface area contributed by atoms with Crippen LogP contribution in [-0.2, 0) is 30.4 Å². The Balaban J connectivity index is 0.00000324. The second-order valence-corrected chi connectivity index (χ2v) is 8.58. The number of aromatic nitrogens is 4. The second-order valence-electron chi connectivity index (χ2n) is 8.58. The van der Waals surface area contributed by atoms with E-state index in [4.69, 9.17) is 0 Å². The van der Waals surface area contributed by atoms with E-state index in [0.717, 1.165) is 23.0 Å². The third-order valence-corrected chi connectivity index (χ3v) is 5.71. The number of nitrogens with one attached hydrogen (secondary N) is 1. The third-order valence-electron chi connectivity index (χ3n) is 5.71. The number of rotatable bonds is 6. The average Bonchev–Trinajstić information content (AvgIpc) is 3.19. The molecule has 0 saturated carbocycles. The number of alkyl halides is 3. The van der Waals surface area contributed by atoms with E-state index in [1.165, 1.54) is 12.3 Å². The molecule has 0 aliphatic carbocycles. The molecular weight excluding hydrogens is 465 g/mol. The maximum atomic E-state index is 12.7. The van der Waals surface area contributed by atoms with Gasteiger partial charge >= 0.3 is 6.18 Å². The lowest BCUT2D eigenvalue weighted by Gasteiger charge is -2.37. The van der Waals surface area contributed by atoms with Crippen LogP contribution in [0.25, 0.3) is 0 Å². The van der Waals surface area contributed by atoms with Crippen LogP contribution in [0, 0.1) is 5.92 Å². The standard InChI is InChI=1S/C23H25F3N6O.H2S/c1-14(2)21-22(33)30-18-11-27-17(8-19(18)31(21)3)6-4-16-10-29-32(13-16)12-15-5-7-20(28-9-15)23(24,25)26;/h5,7-11,13-14,21H,4,6,12H2,1-3H3,(H,30,33);1H2/t21-;/m0./s1. The van der Waals surface area contributed by atoms with Gasteiger partial charge < -0.3 is 10.2 Å². The summed E-state index contributed by atoms with van der Waals surface area (Å²) < 4.78 is 39.6. The number of hydrogen-bond donors (Lipinski definition) is 1. The summed E-state index contributed by atoms with van der Waals surface area (Å²) in [6, 6.07) is 4.16. The Morgan fingerprint density at radius 1 is 1.09 bits per heavy atom. The number of carbonyl (C=O) groups excluding carboxylic acids is 1. The van der Waals surface area contributed by atoms with Crippen molar-refractivity contribution < 1.29 is 18.0 Å². The van der Waals surface area contributed by atoms with Crippen LogP contribution >= 0.6 is 13.5 Å². The number of halogens is 3. The highest BCUT2D eigenvalue weighted by atomic mass is 32.1. The largest absolute Gasteiger partial charge is 0.433 e. The topological polar surface area (TPSA) is 75.9 Å². The van der Waals surface area contributed by atoms with Crippen molar-refractivity contribution >= 4 is 30.8 Å². The van der Waals surface area contributed by atoms with Crippen molar-refractivity contribution in [2.45, 2.75) is 45.5 Å². The molecule has 3 aromatic rings. The fourth-order valence-electron chi connectivity index (χ4n) is 4.06. The molecule has 0 unspecified atom stereocenters. The number of likely N-dealkylation sites (N-methyl/N-ethyl adjacent to an activating group) is 1. The molecule has 0 bridgehead atoms. The zero-order valence-corrected chi connectivity index (χ0v) is 20.1. The lowest BCUT2D eigenvalue weighted by molar-refractivity contribution is -0.141. The molecule has 4 heterocycles. The highest BCUT2D eigenvalue weighted by molar-refractivity contribution is 7.59. The summed E-state index contributed by atoms with van der Waals surface area (Å²) in [7, 11) is 1.92. The summed E-state index contributed by atoms with van der Waals surface area (Å²) in [5.41, 5.74) is 3.29. The number of fused-ring (bicyclic) bond motifs is 1. The van der Waals surface area contributed by atoms with E-state index in [1.54, 1.807) is 17.1 Å². The summed E-state index contributed by atoms with van der Waals surface area (Å²) in [6.07, 6.45) is 3.49. The minimum Gasteiger partial charge on any atom is -0.361 e. The minimum atomic E-state index is -4.45. The number of anilines is 2. The molecule has 182 valence electrons. The molecule has 3 aromatic heterocycles. The average molecular weight is 493 g/mol. The number of aryl methyl sites for hydroxylation is 2. The summed E-state index contributed by atoms with van der Waals surface area (Å²) in [6.45, 7) is 4.38. The normalized spacial score (nSPS) is 15.7. The van der Waals surface area contributed by atoms with E-state index < -0.39 is 11.9 Å². The Bertz CT molecular complexity index is 1150. The lowest BCUT2D eigenvalue weighted by atomic mass is 9.98. The molecule has 1 N–H and O–H groups in total. The van der Waals surface area contributed by atoms with Gasteiger partial charge in [-0.1, -0.05) is 19.9 Å². The summed E-state index contributed by atoms with van der Waals surface area (Å²) in [4.78, 5) is 22.3. The zero-order chi connectivity index (χ0) is 23.8. The van der Waals surface area contributed by atoms with Gasteiger partial charge in [0.05, 0.1) is 30.3 Å². The predicted molar refractivity (Wildman–Crippen MR) is 128 cm³/mol. The number of nitrogens with zero attached hydrogens (tertiary/aromatic N) is 5. The van der Waals surface area contributed by atoms with Gasteiger partial charge in [0.2, 0.25) is 5.91 Å². The molecule has 4 rings (SSSR count). The summed E-state index contributed by atoms with van der Waals surface area (Å²) in [5.74, 6) is 0.149. The van der Waals surface area contributed by atoms with Gasteiger partial charge in [-0.05, 0) is 42.0 Å². The summed E-state index contributed by atoms with van der Waals surface area (Å²) in [5, 5.41) is 7.24. The number of hydrogen-bond acceptors (Lipinski definition) is 5. The number of pyridine rings is 2. The molecule has 0 aromatic carbocycles. The van der Waals surface area contributed by atoms with Crippen molar-refractivity contribution in [3.8, 4) is 0 Å². The third kappa shape index (κ3) is 5.52. The van der Waals surface area contributed by atoms with E-state index in [-0.39, 0.29) is 31.4 Å². The quantitative estimate of drug-likeness (QED) is 0.562. The Labute approximate surface area is 202 Å². The predicted octanol–water partition coefficient (Wildman–Crippen LogP) is 4.05. The Morgan fingerprint density at radius 2 is 1.85 bits per heavy atom. The van der Waals surface area contributed by atoms with Crippen LogP contribution in [0.4, 0.5) is 24.5 Å². The molecule has 0 radical (unpaired) electrons. The molecule has 1 aliphatic heterocycles. The van der Waals surface area contributed by atoms with Crippen LogP contribution in [0.5, 0.6) is 0 Å². The SMILES string of the molecule is CC(C)[C@H]1C(=O)Nc2cnc(CCc3cnn(Cc4ccc(C(F)(F)F)nc4)c3)cc2N1C.S. The van der Waals surface area contributed by atoms with Crippen molar-refractivity contribution in [3.63, 3.8) is 0 Å². The molecule has 0 fully saturated rings. The van der Waals surface area contributed by atoms with E-state index in [1.807, 2.05) is 38.1 Å². The molecule has 34 heavy (non-hydrogen) atoms. The fraction of sp³-hybridized carbons (Fsp3) is 0.391. The van der Waals surface area contributed by atoms with Crippen molar-refractivity contribution in [3.05, 3.63) is 65.5 Å². The fourth-order valence-corrected chi connectivity index (χ4v) is 4.06. The highest BCUT2D eigenvalue weighted by Gasteiger charge is 2.33. The van der Waals surface area contributed by atoms with Crippen molar-refractivity contribution in [2.24, 2.45) is 5.92 Å². The van der Waals surface area contributed by atoms with E-state index >= 15 is 0 Å². The van der Waals surface area contributed by atoms with Gasteiger partial charge in [0, 0.05) is 25.1 Å². The van der Waals surface area contributed by atoms with E-state index in [2.05, 4.69) is 20.4 Å². The molecule has 1 atom stereocenters. The van der Waals surface area contributed by atoms with Crippen LogP contribution in [0.2, 0.25) is 0 Å².